The Labute approximate surface area is 163 Å². The molecule has 27 heavy (non-hydrogen) atoms. The molecule has 0 bridgehead atoms. The summed E-state index contributed by atoms with van der Waals surface area (Å²) in [4.78, 5) is 26.7. The molecule has 0 aromatic heterocycles. The van der Waals surface area contributed by atoms with Crippen LogP contribution in [0.15, 0.2) is 42.5 Å². The van der Waals surface area contributed by atoms with Crippen molar-refractivity contribution in [2.45, 2.75) is 13.0 Å². The SMILES string of the molecule is COc1ccc(CNC(=O)[C@@H]2CCN(c3ccc(Cl)cc3)C2=O)cc1OC. The second-order valence-electron chi connectivity index (χ2n) is 6.21. The van der Waals surface area contributed by atoms with Crippen molar-refractivity contribution in [3.05, 3.63) is 53.1 Å². The summed E-state index contributed by atoms with van der Waals surface area (Å²) in [6.45, 7) is 0.818. The number of hydrogen-bond acceptors (Lipinski definition) is 4. The third kappa shape index (κ3) is 4.17. The molecule has 7 heteroatoms. The molecule has 3 rings (SSSR count). The number of rotatable bonds is 6. The zero-order chi connectivity index (χ0) is 19.4. The van der Waals surface area contributed by atoms with Gasteiger partial charge < -0.3 is 19.7 Å². The van der Waals surface area contributed by atoms with Gasteiger partial charge in [-0.25, -0.2) is 0 Å². The summed E-state index contributed by atoms with van der Waals surface area (Å²) in [5, 5.41) is 3.44. The highest BCUT2D eigenvalue weighted by Gasteiger charge is 2.37. The van der Waals surface area contributed by atoms with Crippen LogP contribution >= 0.6 is 11.6 Å². The number of nitrogens with zero attached hydrogens (tertiary/aromatic N) is 1. The zero-order valence-corrected chi connectivity index (χ0v) is 16.0. The lowest BCUT2D eigenvalue weighted by Gasteiger charge is -2.17. The molecule has 1 fully saturated rings. The Morgan fingerprint density at radius 2 is 1.85 bits per heavy atom. The van der Waals surface area contributed by atoms with Gasteiger partial charge in [0, 0.05) is 23.8 Å². The largest absolute Gasteiger partial charge is 0.493 e. The predicted molar refractivity (Wildman–Crippen MR) is 103 cm³/mol. The molecule has 0 radical (unpaired) electrons. The van der Waals surface area contributed by atoms with E-state index in [0.29, 0.717) is 36.0 Å². The minimum absolute atomic E-state index is 0.192. The molecule has 1 aliphatic rings. The molecule has 1 atom stereocenters. The highest BCUT2D eigenvalue weighted by molar-refractivity contribution is 6.30. The number of nitrogens with one attached hydrogen (secondary N) is 1. The van der Waals surface area contributed by atoms with Gasteiger partial charge in [0.2, 0.25) is 11.8 Å². The summed E-state index contributed by atoms with van der Waals surface area (Å²) in [6, 6.07) is 12.5. The van der Waals surface area contributed by atoms with Gasteiger partial charge in [0.15, 0.2) is 11.5 Å². The van der Waals surface area contributed by atoms with E-state index in [9.17, 15) is 9.59 Å². The Bertz CT molecular complexity index is 838. The second-order valence-corrected chi connectivity index (χ2v) is 6.65. The van der Waals surface area contributed by atoms with Crippen molar-refractivity contribution in [1.29, 1.82) is 0 Å². The van der Waals surface area contributed by atoms with Crippen molar-refractivity contribution in [2.75, 3.05) is 25.7 Å². The Balaban J connectivity index is 1.62. The monoisotopic (exact) mass is 388 g/mol. The Morgan fingerprint density at radius 3 is 2.52 bits per heavy atom. The van der Waals surface area contributed by atoms with Crippen LogP contribution in [-0.4, -0.2) is 32.6 Å². The summed E-state index contributed by atoms with van der Waals surface area (Å²) in [6.07, 6.45) is 0.485. The topological polar surface area (TPSA) is 67.9 Å². The first-order valence-electron chi connectivity index (χ1n) is 8.59. The van der Waals surface area contributed by atoms with Crippen LogP contribution in [-0.2, 0) is 16.1 Å². The lowest BCUT2D eigenvalue weighted by Crippen LogP contribution is -2.36. The Morgan fingerprint density at radius 1 is 1.15 bits per heavy atom. The lowest BCUT2D eigenvalue weighted by atomic mass is 10.1. The summed E-state index contributed by atoms with van der Waals surface area (Å²) in [5.41, 5.74) is 1.61. The molecule has 2 aromatic rings. The number of benzene rings is 2. The quantitative estimate of drug-likeness (QED) is 0.772. The molecular formula is C20H21ClN2O4. The molecule has 1 heterocycles. The fourth-order valence-electron chi connectivity index (χ4n) is 3.10. The molecule has 2 aromatic carbocycles. The molecule has 0 aliphatic carbocycles. The van der Waals surface area contributed by atoms with Crippen molar-refractivity contribution >= 4 is 29.1 Å². The lowest BCUT2D eigenvalue weighted by molar-refractivity contribution is -0.132. The minimum Gasteiger partial charge on any atom is -0.493 e. The van der Waals surface area contributed by atoms with E-state index in [1.165, 1.54) is 0 Å². The number of carbonyl (C=O) groups excluding carboxylic acids is 2. The van der Waals surface area contributed by atoms with Gasteiger partial charge in [0.05, 0.1) is 14.2 Å². The average molecular weight is 389 g/mol. The van der Waals surface area contributed by atoms with Crippen LogP contribution in [0.2, 0.25) is 5.02 Å². The summed E-state index contributed by atoms with van der Waals surface area (Å²) < 4.78 is 10.5. The standard InChI is InChI=1S/C20H21ClN2O4/c1-26-17-8-3-13(11-18(17)27-2)12-22-19(24)16-9-10-23(20(16)25)15-6-4-14(21)5-7-15/h3-8,11,16H,9-10,12H2,1-2H3,(H,22,24)/t16-/m0/s1. The van der Waals surface area contributed by atoms with Gasteiger partial charge in [-0.2, -0.15) is 0 Å². The van der Waals surface area contributed by atoms with Gasteiger partial charge in [-0.15, -0.1) is 0 Å². The predicted octanol–water partition coefficient (Wildman–Crippen LogP) is 3.03. The third-order valence-electron chi connectivity index (χ3n) is 4.57. The molecule has 0 spiro atoms. The van der Waals surface area contributed by atoms with Crippen molar-refractivity contribution in [1.82, 2.24) is 5.32 Å². The second kappa shape index (κ2) is 8.31. The summed E-state index contributed by atoms with van der Waals surface area (Å²) in [5.74, 6) is 0.0708. The molecule has 142 valence electrons. The first-order valence-corrected chi connectivity index (χ1v) is 8.97. The van der Waals surface area contributed by atoms with E-state index in [4.69, 9.17) is 21.1 Å². The molecule has 1 saturated heterocycles. The number of ether oxygens (including phenoxy) is 2. The number of methoxy groups -OCH3 is 2. The van der Waals surface area contributed by atoms with E-state index < -0.39 is 5.92 Å². The fourth-order valence-corrected chi connectivity index (χ4v) is 3.23. The van der Waals surface area contributed by atoms with Gasteiger partial charge in [0.25, 0.3) is 0 Å². The van der Waals surface area contributed by atoms with E-state index in [0.717, 1.165) is 11.3 Å². The number of amides is 2. The van der Waals surface area contributed by atoms with E-state index in [1.807, 2.05) is 6.07 Å². The smallest absolute Gasteiger partial charge is 0.239 e. The van der Waals surface area contributed by atoms with Crippen LogP contribution in [0.25, 0.3) is 0 Å². The van der Waals surface area contributed by atoms with Gasteiger partial charge >= 0.3 is 0 Å². The number of anilines is 1. The average Bonchev–Trinajstić information content (AvgIpc) is 3.08. The first kappa shape index (κ1) is 19.0. The molecule has 0 saturated carbocycles. The molecule has 2 amide bonds. The Hall–Kier alpha value is -2.73. The van der Waals surface area contributed by atoms with Crippen molar-refractivity contribution in [3.8, 4) is 11.5 Å². The highest BCUT2D eigenvalue weighted by Crippen LogP contribution is 2.28. The third-order valence-corrected chi connectivity index (χ3v) is 4.83. The molecular weight excluding hydrogens is 368 g/mol. The van der Waals surface area contributed by atoms with Crippen molar-refractivity contribution in [3.63, 3.8) is 0 Å². The molecule has 1 aliphatic heterocycles. The van der Waals surface area contributed by atoms with Crippen molar-refractivity contribution in [2.24, 2.45) is 5.92 Å². The first-order chi connectivity index (χ1) is 13.0. The van der Waals surface area contributed by atoms with E-state index >= 15 is 0 Å². The maximum Gasteiger partial charge on any atom is 0.239 e. The van der Waals surface area contributed by atoms with Crippen LogP contribution in [0.4, 0.5) is 5.69 Å². The van der Waals surface area contributed by atoms with Gasteiger partial charge in [-0.1, -0.05) is 17.7 Å². The van der Waals surface area contributed by atoms with Crippen LogP contribution < -0.4 is 19.7 Å². The molecule has 6 nitrogen and oxygen atoms in total. The van der Waals surface area contributed by atoms with Gasteiger partial charge in [0.1, 0.15) is 5.92 Å². The van der Waals surface area contributed by atoms with E-state index in [1.54, 1.807) is 55.5 Å². The fraction of sp³-hybridized carbons (Fsp3) is 0.300. The van der Waals surface area contributed by atoms with Crippen LogP contribution in [0.3, 0.4) is 0 Å². The van der Waals surface area contributed by atoms with E-state index in [-0.39, 0.29) is 11.8 Å². The summed E-state index contributed by atoms with van der Waals surface area (Å²) in [7, 11) is 3.13. The van der Waals surface area contributed by atoms with E-state index in [2.05, 4.69) is 5.32 Å². The van der Waals surface area contributed by atoms with Crippen LogP contribution in [0.1, 0.15) is 12.0 Å². The summed E-state index contributed by atoms with van der Waals surface area (Å²) >= 11 is 5.89. The number of carbonyl (C=O) groups is 2. The highest BCUT2D eigenvalue weighted by atomic mass is 35.5. The minimum atomic E-state index is -0.680. The van der Waals surface area contributed by atoms with Gasteiger partial charge in [-0.3, -0.25) is 9.59 Å². The maximum absolute atomic E-state index is 12.6. The van der Waals surface area contributed by atoms with Crippen molar-refractivity contribution < 1.29 is 19.1 Å². The maximum atomic E-state index is 12.6. The normalized spacial score (nSPS) is 16.3. The van der Waals surface area contributed by atoms with Crippen LogP contribution in [0, 0.1) is 5.92 Å². The molecule has 1 N–H and O–H groups in total. The molecule has 0 unspecified atom stereocenters. The number of halogens is 1. The van der Waals surface area contributed by atoms with Gasteiger partial charge in [-0.05, 0) is 48.4 Å². The Kier molecular flexibility index (Phi) is 5.86. The zero-order valence-electron chi connectivity index (χ0n) is 15.2. The van der Waals surface area contributed by atoms with Crippen LogP contribution in [0.5, 0.6) is 11.5 Å². The number of hydrogen-bond donors (Lipinski definition) is 1.